The average Bonchev–Trinajstić information content (AvgIpc) is 2.46. The van der Waals surface area contributed by atoms with Crippen molar-refractivity contribution >= 4 is 0 Å². The lowest BCUT2D eigenvalue weighted by Crippen LogP contribution is -2.34. The number of nitrogens with zero attached hydrogens (tertiary/aromatic N) is 1. The van der Waals surface area contributed by atoms with Crippen LogP contribution in [0.15, 0.2) is 12.4 Å². The second kappa shape index (κ2) is 4.96. The molecular weight excluding hydrogens is 148 g/mol. The SMILES string of the molecule is CCCCCC[n+]1cc[nH]c1C. The van der Waals surface area contributed by atoms with Crippen LogP contribution < -0.4 is 4.57 Å². The Morgan fingerprint density at radius 2 is 2.17 bits per heavy atom. The number of aromatic amines is 1. The normalized spacial score (nSPS) is 10.5. The van der Waals surface area contributed by atoms with Gasteiger partial charge in [-0.15, -0.1) is 0 Å². The fourth-order valence-electron chi connectivity index (χ4n) is 1.39. The van der Waals surface area contributed by atoms with Crippen molar-refractivity contribution in [3.05, 3.63) is 18.2 Å². The molecule has 0 aliphatic carbocycles. The first-order chi connectivity index (χ1) is 5.84. The Labute approximate surface area is 74.6 Å². The van der Waals surface area contributed by atoms with E-state index in [0.717, 1.165) is 6.54 Å². The molecule has 1 aromatic heterocycles. The summed E-state index contributed by atoms with van der Waals surface area (Å²) >= 11 is 0. The number of nitrogens with one attached hydrogen (secondary N) is 1. The molecular formula is C10H19N2+. The van der Waals surface area contributed by atoms with Gasteiger partial charge in [0.25, 0.3) is 5.82 Å². The standard InChI is InChI=1S/C10H18N2/c1-3-4-5-6-8-12-9-7-11-10(12)2/h7,9H,3-6,8H2,1-2H3/p+1. The van der Waals surface area contributed by atoms with Crippen LogP contribution in [0.2, 0.25) is 0 Å². The van der Waals surface area contributed by atoms with E-state index in [1.807, 2.05) is 6.20 Å². The van der Waals surface area contributed by atoms with Crippen LogP contribution in [0.3, 0.4) is 0 Å². The van der Waals surface area contributed by atoms with E-state index in [1.54, 1.807) is 0 Å². The molecule has 12 heavy (non-hydrogen) atoms. The van der Waals surface area contributed by atoms with Crippen LogP contribution in [0.1, 0.15) is 38.4 Å². The molecule has 0 aliphatic rings. The maximum atomic E-state index is 3.17. The van der Waals surface area contributed by atoms with Gasteiger partial charge in [-0.25, -0.2) is 9.55 Å². The molecule has 1 aromatic rings. The smallest absolute Gasteiger partial charge is 0.248 e. The zero-order valence-corrected chi connectivity index (χ0v) is 8.14. The molecule has 0 amide bonds. The summed E-state index contributed by atoms with van der Waals surface area (Å²) in [6, 6.07) is 0. The average molecular weight is 167 g/mol. The molecule has 0 aliphatic heterocycles. The van der Waals surface area contributed by atoms with Gasteiger partial charge in [-0.05, 0) is 12.8 Å². The minimum Gasteiger partial charge on any atom is -0.248 e. The van der Waals surface area contributed by atoms with Gasteiger partial charge in [0, 0.05) is 6.92 Å². The molecule has 0 aromatic carbocycles. The Kier molecular flexibility index (Phi) is 3.85. The van der Waals surface area contributed by atoms with Gasteiger partial charge in [-0.1, -0.05) is 19.8 Å². The fraction of sp³-hybridized carbons (Fsp3) is 0.700. The van der Waals surface area contributed by atoms with Gasteiger partial charge in [-0.3, -0.25) is 0 Å². The van der Waals surface area contributed by atoms with Crippen LogP contribution in [0.4, 0.5) is 0 Å². The number of rotatable bonds is 5. The van der Waals surface area contributed by atoms with Gasteiger partial charge >= 0.3 is 0 Å². The highest BCUT2D eigenvalue weighted by Crippen LogP contribution is 1.98. The summed E-state index contributed by atoms with van der Waals surface area (Å²) < 4.78 is 2.27. The van der Waals surface area contributed by atoms with E-state index in [-0.39, 0.29) is 0 Å². The van der Waals surface area contributed by atoms with Gasteiger partial charge in [-0.2, -0.15) is 0 Å². The van der Waals surface area contributed by atoms with Gasteiger partial charge in [0.2, 0.25) is 0 Å². The van der Waals surface area contributed by atoms with E-state index in [0.29, 0.717) is 0 Å². The van der Waals surface area contributed by atoms with Crippen molar-refractivity contribution in [2.24, 2.45) is 0 Å². The monoisotopic (exact) mass is 167 g/mol. The minimum atomic E-state index is 1.16. The number of H-pyrrole nitrogens is 1. The van der Waals surface area contributed by atoms with Crippen LogP contribution in [-0.2, 0) is 6.54 Å². The zero-order chi connectivity index (χ0) is 8.81. The summed E-state index contributed by atoms with van der Waals surface area (Å²) in [7, 11) is 0. The fourth-order valence-corrected chi connectivity index (χ4v) is 1.39. The van der Waals surface area contributed by atoms with E-state index >= 15 is 0 Å². The van der Waals surface area contributed by atoms with E-state index in [9.17, 15) is 0 Å². The Morgan fingerprint density at radius 1 is 1.33 bits per heavy atom. The predicted octanol–water partition coefficient (Wildman–Crippen LogP) is 2.19. The molecule has 0 radical (unpaired) electrons. The highest BCUT2D eigenvalue weighted by molar-refractivity contribution is 4.70. The second-order valence-electron chi connectivity index (χ2n) is 3.30. The summed E-state index contributed by atoms with van der Waals surface area (Å²) in [5.41, 5.74) is 0. The lowest BCUT2D eigenvalue weighted by molar-refractivity contribution is -0.702. The van der Waals surface area contributed by atoms with Crippen molar-refractivity contribution in [3.63, 3.8) is 0 Å². The highest BCUT2D eigenvalue weighted by atomic mass is 15.0. The quantitative estimate of drug-likeness (QED) is 0.512. The number of imidazole rings is 1. The van der Waals surface area contributed by atoms with E-state index in [2.05, 4.69) is 29.6 Å². The minimum absolute atomic E-state index is 1.16. The lowest BCUT2D eigenvalue weighted by Gasteiger charge is -1.97. The third kappa shape index (κ3) is 2.68. The highest BCUT2D eigenvalue weighted by Gasteiger charge is 2.02. The summed E-state index contributed by atoms with van der Waals surface area (Å²) in [5, 5.41) is 0. The molecule has 1 N–H and O–H groups in total. The Bertz CT molecular complexity index is 215. The molecule has 0 saturated heterocycles. The molecule has 0 unspecified atom stereocenters. The van der Waals surface area contributed by atoms with Gasteiger partial charge < -0.3 is 0 Å². The number of hydrogen-bond acceptors (Lipinski definition) is 0. The van der Waals surface area contributed by atoms with E-state index < -0.39 is 0 Å². The number of aryl methyl sites for hydroxylation is 2. The summed E-state index contributed by atoms with van der Waals surface area (Å²) in [6.07, 6.45) is 9.45. The molecule has 0 bridgehead atoms. The number of unbranched alkanes of at least 4 members (excludes halogenated alkanes) is 3. The molecule has 68 valence electrons. The maximum absolute atomic E-state index is 3.17. The topological polar surface area (TPSA) is 19.7 Å². The van der Waals surface area contributed by atoms with E-state index in [4.69, 9.17) is 0 Å². The molecule has 1 heterocycles. The summed E-state index contributed by atoms with van der Waals surface area (Å²) in [5.74, 6) is 1.26. The molecule has 2 nitrogen and oxygen atoms in total. The van der Waals surface area contributed by atoms with Crippen LogP contribution in [0, 0.1) is 6.92 Å². The first-order valence-corrected chi connectivity index (χ1v) is 4.88. The van der Waals surface area contributed by atoms with Crippen molar-refractivity contribution < 1.29 is 4.57 Å². The van der Waals surface area contributed by atoms with Crippen LogP contribution >= 0.6 is 0 Å². The van der Waals surface area contributed by atoms with Crippen LogP contribution in [0.5, 0.6) is 0 Å². The van der Waals surface area contributed by atoms with Crippen molar-refractivity contribution in [3.8, 4) is 0 Å². The third-order valence-corrected chi connectivity index (χ3v) is 2.23. The maximum Gasteiger partial charge on any atom is 0.251 e. The molecule has 0 saturated carbocycles. The first-order valence-electron chi connectivity index (χ1n) is 4.88. The van der Waals surface area contributed by atoms with Crippen molar-refractivity contribution in [1.29, 1.82) is 0 Å². The second-order valence-corrected chi connectivity index (χ2v) is 3.30. The van der Waals surface area contributed by atoms with Crippen LogP contribution in [0.25, 0.3) is 0 Å². The third-order valence-electron chi connectivity index (χ3n) is 2.23. The Morgan fingerprint density at radius 3 is 2.75 bits per heavy atom. The molecule has 0 fully saturated rings. The van der Waals surface area contributed by atoms with Crippen LogP contribution in [-0.4, -0.2) is 4.98 Å². The summed E-state index contributed by atoms with van der Waals surface area (Å²) in [6.45, 7) is 5.52. The molecule has 1 rings (SSSR count). The van der Waals surface area contributed by atoms with Gasteiger partial charge in [0.1, 0.15) is 12.4 Å². The number of hydrogen-bond donors (Lipinski definition) is 1. The van der Waals surface area contributed by atoms with Gasteiger partial charge in [0.15, 0.2) is 0 Å². The zero-order valence-electron chi connectivity index (χ0n) is 8.14. The Hall–Kier alpha value is -0.790. The first kappa shape index (κ1) is 9.30. The predicted molar refractivity (Wildman–Crippen MR) is 49.9 cm³/mol. The van der Waals surface area contributed by atoms with Crippen molar-refractivity contribution in [1.82, 2.24) is 4.98 Å². The summed E-state index contributed by atoms with van der Waals surface area (Å²) in [4.78, 5) is 3.17. The Balaban J connectivity index is 2.20. The largest absolute Gasteiger partial charge is 0.251 e. The van der Waals surface area contributed by atoms with Gasteiger partial charge in [0.05, 0.1) is 6.54 Å². The molecule has 0 spiro atoms. The number of aromatic nitrogens is 2. The molecule has 2 heteroatoms. The van der Waals surface area contributed by atoms with Crippen molar-refractivity contribution in [2.75, 3.05) is 0 Å². The van der Waals surface area contributed by atoms with E-state index in [1.165, 1.54) is 31.5 Å². The lowest BCUT2D eigenvalue weighted by atomic mass is 10.2. The van der Waals surface area contributed by atoms with Crippen molar-refractivity contribution in [2.45, 2.75) is 46.1 Å². The molecule has 0 atom stereocenters.